The number of nitrogens with two attached hydrogens (primary N) is 2. The van der Waals surface area contributed by atoms with Crippen LogP contribution >= 0.6 is 11.6 Å². The van der Waals surface area contributed by atoms with Gasteiger partial charge in [-0.15, -0.1) is 0 Å². The van der Waals surface area contributed by atoms with E-state index in [1.807, 2.05) is 35.8 Å². The van der Waals surface area contributed by atoms with Crippen LogP contribution in [0.4, 0.5) is 17.5 Å². The highest BCUT2D eigenvalue weighted by Crippen LogP contribution is 2.24. The predicted molar refractivity (Wildman–Crippen MR) is 126 cm³/mol. The molecule has 9 heteroatoms. The van der Waals surface area contributed by atoms with Gasteiger partial charge < -0.3 is 26.7 Å². The van der Waals surface area contributed by atoms with Gasteiger partial charge in [0.1, 0.15) is 0 Å². The number of rotatable bonds is 8. The second-order valence-corrected chi connectivity index (χ2v) is 7.92. The Kier molecular flexibility index (Phi) is 6.20. The summed E-state index contributed by atoms with van der Waals surface area (Å²) in [4.78, 5) is 13.9. The van der Waals surface area contributed by atoms with Crippen LogP contribution in [-0.2, 0) is 13.1 Å². The van der Waals surface area contributed by atoms with Crippen molar-refractivity contribution in [2.75, 3.05) is 22.9 Å². The van der Waals surface area contributed by atoms with Crippen molar-refractivity contribution in [1.29, 1.82) is 0 Å². The average Bonchev–Trinajstić information content (AvgIpc) is 3.16. The first-order valence-corrected chi connectivity index (χ1v) is 10.4. The monoisotopic (exact) mass is 436 g/mol. The Morgan fingerprint density at radius 1 is 1.10 bits per heavy atom. The number of nitrogens with zero attached hydrogens (tertiary/aromatic N) is 4. The van der Waals surface area contributed by atoms with E-state index < -0.39 is 0 Å². The number of hydrogen-bond donors (Lipinski definition) is 4. The molecule has 1 atom stereocenters. The average molecular weight is 437 g/mol. The van der Waals surface area contributed by atoms with E-state index in [-0.39, 0.29) is 6.04 Å². The lowest BCUT2D eigenvalue weighted by molar-refractivity contribution is 0.772. The first kappa shape index (κ1) is 20.9. The summed E-state index contributed by atoms with van der Waals surface area (Å²) in [5, 5.41) is 7.17. The summed E-state index contributed by atoms with van der Waals surface area (Å²) in [6, 6.07) is 15.5. The van der Waals surface area contributed by atoms with Crippen LogP contribution in [0.15, 0.2) is 54.9 Å². The summed E-state index contributed by atoms with van der Waals surface area (Å²) in [6.45, 7) is 3.59. The van der Waals surface area contributed by atoms with Gasteiger partial charge in [0.15, 0.2) is 17.0 Å². The second-order valence-electron chi connectivity index (χ2n) is 7.48. The third-order valence-electron chi connectivity index (χ3n) is 4.79. The van der Waals surface area contributed by atoms with E-state index in [4.69, 9.17) is 23.1 Å². The van der Waals surface area contributed by atoms with Gasteiger partial charge in [0.25, 0.3) is 0 Å². The minimum absolute atomic E-state index is 0.0313. The zero-order chi connectivity index (χ0) is 21.8. The molecule has 2 aromatic heterocycles. The summed E-state index contributed by atoms with van der Waals surface area (Å²) < 4.78 is 2.00. The van der Waals surface area contributed by atoms with E-state index in [0.29, 0.717) is 47.6 Å². The van der Waals surface area contributed by atoms with Gasteiger partial charge in [-0.25, -0.2) is 4.98 Å². The fourth-order valence-electron chi connectivity index (χ4n) is 3.20. The van der Waals surface area contributed by atoms with Gasteiger partial charge in [-0.1, -0.05) is 41.9 Å². The number of nitrogens with one attached hydrogen (secondary N) is 2. The van der Waals surface area contributed by atoms with Crippen LogP contribution in [0.2, 0.25) is 5.02 Å². The smallest absolute Gasteiger partial charge is 0.226 e. The van der Waals surface area contributed by atoms with Gasteiger partial charge in [-0.05, 0) is 36.2 Å². The second kappa shape index (κ2) is 9.20. The Labute approximate surface area is 185 Å². The maximum Gasteiger partial charge on any atom is 0.226 e. The van der Waals surface area contributed by atoms with Crippen LogP contribution in [0, 0.1) is 0 Å². The van der Waals surface area contributed by atoms with E-state index >= 15 is 0 Å². The van der Waals surface area contributed by atoms with Crippen molar-refractivity contribution >= 4 is 40.2 Å². The zero-order valence-electron chi connectivity index (χ0n) is 17.2. The van der Waals surface area contributed by atoms with Gasteiger partial charge in [0.05, 0.1) is 12.9 Å². The molecule has 0 spiro atoms. The number of hydrogen-bond acceptors (Lipinski definition) is 7. The SMILES string of the molecule is CC(N)CNc1nc(NCc2cc(Cl)ccc2N)c2ncn(Cc3ccccc3)c2n1. The first-order valence-electron chi connectivity index (χ1n) is 10.0. The molecule has 0 aliphatic carbocycles. The Morgan fingerprint density at radius 3 is 2.68 bits per heavy atom. The molecule has 160 valence electrons. The highest BCUT2D eigenvalue weighted by molar-refractivity contribution is 6.30. The fraction of sp³-hybridized carbons (Fsp3) is 0.227. The summed E-state index contributed by atoms with van der Waals surface area (Å²) >= 11 is 6.12. The van der Waals surface area contributed by atoms with Gasteiger partial charge in [0.2, 0.25) is 5.95 Å². The highest BCUT2D eigenvalue weighted by atomic mass is 35.5. The lowest BCUT2D eigenvalue weighted by Gasteiger charge is -2.13. The highest BCUT2D eigenvalue weighted by Gasteiger charge is 2.14. The number of halogens is 1. The molecule has 1 unspecified atom stereocenters. The summed E-state index contributed by atoms with van der Waals surface area (Å²) in [7, 11) is 0. The molecule has 4 aromatic rings. The summed E-state index contributed by atoms with van der Waals surface area (Å²) in [5.74, 6) is 1.10. The molecule has 0 fully saturated rings. The number of fused-ring (bicyclic) bond motifs is 1. The van der Waals surface area contributed by atoms with Crippen molar-refractivity contribution in [1.82, 2.24) is 19.5 Å². The molecule has 0 radical (unpaired) electrons. The molecule has 2 aromatic carbocycles. The van der Waals surface area contributed by atoms with Gasteiger partial charge in [-0.3, -0.25) is 0 Å². The van der Waals surface area contributed by atoms with Gasteiger partial charge >= 0.3 is 0 Å². The minimum atomic E-state index is -0.0313. The molecule has 0 amide bonds. The third-order valence-corrected chi connectivity index (χ3v) is 5.03. The largest absolute Gasteiger partial charge is 0.398 e. The number of aromatic nitrogens is 4. The maximum atomic E-state index is 6.12. The molecule has 8 nitrogen and oxygen atoms in total. The molecule has 0 saturated heterocycles. The van der Waals surface area contributed by atoms with E-state index in [0.717, 1.165) is 16.8 Å². The van der Waals surface area contributed by atoms with E-state index in [1.165, 1.54) is 0 Å². The van der Waals surface area contributed by atoms with Crippen LogP contribution in [-0.4, -0.2) is 32.1 Å². The molecule has 0 bridgehead atoms. The van der Waals surface area contributed by atoms with Crippen LogP contribution in [0.25, 0.3) is 11.2 Å². The Balaban J connectivity index is 1.67. The number of anilines is 3. The van der Waals surface area contributed by atoms with Crippen molar-refractivity contribution in [3.05, 3.63) is 71.0 Å². The van der Waals surface area contributed by atoms with Gasteiger partial charge in [-0.2, -0.15) is 9.97 Å². The molecule has 0 saturated carbocycles. The Hall–Kier alpha value is -3.36. The standard InChI is InChI=1S/C22H25ClN8/c1-14(24)10-27-22-29-20(26-11-16-9-17(23)7-8-18(16)25)19-21(30-22)31(13-28-19)12-15-5-3-2-4-6-15/h2-9,13-14H,10-12,24-25H2,1H3,(H2,26,27,29,30). The van der Waals surface area contributed by atoms with E-state index in [1.54, 1.807) is 18.5 Å². The topological polar surface area (TPSA) is 120 Å². The van der Waals surface area contributed by atoms with Crippen LogP contribution in [0.5, 0.6) is 0 Å². The number of imidazole rings is 1. The Morgan fingerprint density at radius 2 is 1.90 bits per heavy atom. The normalized spacial score (nSPS) is 12.1. The number of nitrogen functional groups attached to an aromatic ring is 1. The summed E-state index contributed by atoms with van der Waals surface area (Å²) in [6.07, 6.45) is 1.78. The van der Waals surface area contributed by atoms with Crippen LogP contribution in [0.3, 0.4) is 0 Å². The van der Waals surface area contributed by atoms with Crippen molar-refractivity contribution in [2.24, 2.45) is 5.73 Å². The molecule has 31 heavy (non-hydrogen) atoms. The van der Waals surface area contributed by atoms with Crippen molar-refractivity contribution in [3.63, 3.8) is 0 Å². The van der Waals surface area contributed by atoms with Crippen LogP contribution in [0.1, 0.15) is 18.1 Å². The number of benzene rings is 2. The lowest BCUT2D eigenvalue weighted by atomic mass is 10.2. The predicted octanol–water partition coefficient (Wildman–Crippen LogP) is 3.48. The quantitative estimate of drug-likeness (QED) is 0.312. The van der Waals surface area contributed by atoms with Crippen LogP contribution < -0.4 is 22.1 Å². The van der Waals surface area contributed by atoms with Crippen molar-refractivity contribution < 1.29 is 0 Å². The molecule has 0 aliphatic heterocycles. The molecule has 6 N–H and O–H groups in total. The third kappa shape index (κ3) is 5.04. The van der Waals surface area contributed by atoms with E-state index in [9.17, 15) is 0 Å². The summed E-state index contributed by atoms with van der Waals surface area (Å²) in [5.41, 5.74) is 16.1. The zero-order valence-corrected chi connectivity index (χ0v) is 18.0. The molecule has 4 rings (SSSR count). The minimum Gasteiger partial charge on any atom is -0.398 e. The molecular formula is C22H25ClN8. The fourth-order valence-corrected chi connectivity index (χ4v) is 3.40. The molecule has 0 aliphatic rings. The maximum absolute atomic E-state index is 6.12. The lowest BCUT2D eigenvalue weighted by Crippen LogP contribution is -2.26. The van der Waals surface area contributed by atoms with E-state index in [2.05, 4.69) is 37.7 Å². The van der Waals surface area contributed by atoms with Crippen molar-refractivity contribution in [3.8, 4) is 0 Å². The van der Waals surface area contributed by atoms with Crippen molar-refractivity contribution in [2.45, 2.75) is 26.1 Å². The molecule has 2 heterocycles. The molecular weight excluding hydrogens is 412 g/mol. The first-order chi connectivity index (χ1) is 15.0. The Bertz CT molecular complexity index is 1170. The van der Waals surface area contributed by atoms with Gasteiger partial charge in [0, 0.05) is 29.8 Å².